The van der Waals surface area contributed by atoms with Crippen LogP contribution in [0.3, 0.4) is 0 Å². The van der Waals surface area contributed by atoms with Gasteiger partial charge in [-0.05, 0) is 53.0 Å². The van der Waals surface area contributed by atoms with Gasteiger partial charge in [0, 0.05) is 35.1 Å². The van der Waals surface area contributed by atoms with E-state index in [0.717, 1.165) is 10.2 Å². The number of hydrogen-bond acceptors (Lipinski definition) is 4. The molecule has 1 saturated heterocycles. The molecule has 0 saturated carbocycles. The van der Waals surface area contributed by atoms with Gasteiger partial charge in [0.1, 0.15) is 11.5 Å². The Hall–Kier alpha value is -2.54. The normalized spacial score (nSPS) is 14.5. The van der Waals surface area contributed by atoms with Gasteiger partial charge in [0.05, 0.1) is 19.9 Å². The number of carbonyl (C=O) groups excluding carboxylic acids is 2. The Bertz CT molecular complexity index is 841. The van der Waals surface area contributed by atoms with Gasteiger partial charge >= 0.3 is 0 Å². The summed E-state index contributed by atoms with van der Waals surface area (Å²) in [6, 6.07) is 12.7. The first-order valence-corrected chi connectivity index (χ1v) is 9.89. The van der Waals surface area contributed by atoms with Crippen molar-refractivity contribution in [3.05, 3.63) is 52.5 Å². The molecule has 1 heterocycles. The smallest absolute Gasteiger partial charge is 0.254 e. The lowest BCUT2D eigenvalue weighted by molar-refractivity contribution is -0.121. The summed E-state index contributed by atoms with van der Waals surface area (Å²) in [5.41, 5.74) is 1.28. The first kappa shape index (κ1) is 20.2. The number of piperidine rings is 1. The molecule has 0 spiro atoms. The van der Waals surface area contributed by atoms with E-state index in [1.165, 1.54) is 0 Å². The second-order valence-corrected chi connectivity index (χ2v) is 7.49. The van der Waals surface area contributed by atoms with Crippen LogP contribution in [-0.4, -0.2) is 44.0 Å². The summed E-state index contributed by atoms with van der Waals surface area (Å²) in [7, 11) is 3.11. The minimum absolute atomic E-state index is 0.0120. The highest BCUT2D eigenvalue weighted by molar-refractivity contribution is 9.10. The molecule has 0 bridgehead atoms. The standard InChI is InChI=1S/C21H23BrN2O4/c1-27-16-11-15(12-17(13-16)28-2)21(26)24-9-7-14(8-10-24)20(25)23-19-6-4-3-5-18(19)22/h3-6,11-14H,7-10H2,1-2H3,(H,23,25). The number of nitrogens with zero attached hydrogens (tertiary/aromatic N) is 1. The second-order valence-electron chi connectivity index (χ2n) is 6.64. The monoisotopic (exact) mass is 446 g/mol. The zero-order valence-electron chi connectivity index (χ0n) is 15.9. The summed E-state index contributed by atoms with van der Waals surface area (Å²) in [5.74, 6) is 0.940. The Morgan fingerprint density at radius 3 is 2.21 bits per heavy atom. The molecule has 1 aliphatic heterocycles. The maximum Gasteiger partial charge on any atom is 0.254 e. The molecule has 7 heteroatoms. The van der Waals surface area contributed by atoms with Crippen LogP contribution in [0.15, 0.2) is 46.9 Å². The third-order valence-corrected chi connectivity index (χ3v) is 5.57. The molecule has 0 unspecified atom stereocenters. The topological polar surface area (TPSA) is 67.9 Å². The highest BCUT2D eigenvalue weighted by atomic mass is 79.9. The Morgan fingerprint density at radius 2 is 1.64 bits per heavy atom. The summed E-state index contributed by atoms with van der Waals surface area (Å²) < 4.78 is 11.3. The van der Waals surface area contributed by atoms with E-state index < -0.39 is 0 Å². The summed E-state index contributed by atoms with van der Waals surface area (Å²) in [5, 5.41) is 2.96. The quantitative estimate of drug-likeness (QED) is 0.754. The fraction of sp³-hybridized carbons (Fsp3) is 0.333. The van der Waals surface area contributed by atoms with Gasteiger partial charge in [0.15, 0.2) is 0 Å². The van der Waals surface area contributed by atoms with Gasteiger partial charge in [0.2, 0.25) is 5.91 Å². The number of nitrogens with one attached hydrogen (secondary N) is 1. The molecular weight excluding hydrogens is 424 g/mol. The van der Waals surface area contributed by atoms with Crippen LogP contribution in [0.5, 0.6) is 11.5 Å². The molecule has 6 nitrogen and oxygen atoms in total. The molecule has 2 aromatic rings. The van der Waals surface area contributed by atoms with Gasteiger partial charge in [0.25, 0.3) is 5.91 Å². The number of likely N-dealkylation sites (tertiary alicyclic amines) is 1. The molecule has 2 amide bonds. The number of carbonyl (C=O) groups is 2. The van der Waals surface area contributed by atoms with Crippen molar-refractivity contribution in [2.75, 3.05) is 32.6 Å². The summed E-state index contributed by atoms with van der Waals surface area (Å²) >= 11 is 3.44. The highest BCUT2D eigenvalue weighted by Gasteiger charge is 2.28. The first-order chi connectivity index (χ1) is 13.5. The van der Waals surface area contributed by atoms with Crippen LogP contribution >= 0.6 is 15.9 Å². The van der Waals surface area contributed by atoms with E-state index in [2.05, 4.69) is 21.2 Å². The molecule has 0 atom stereocenters. The van der Waals surface area contributed by atoms with Crippen molar-refractivity contribution in [3.63, 3.8) is 0 Å². The number of halogens is 1. The summed E-state index contributed by atoms with van der Waals surface area (Å²) in [4.78, 5) is 27.2. The molecular formula is C21H23BrN2O4. The van der Waals surface area contributed by atoms with Crippen molar-refractivity contribution in [1.82, 2.24) is 4.90 Å². The van der Waals surface area contributed by atoms with E-state index >= 15 is 0 Å². The molecule has 148 valence electrons. The van der Waals surface area contributed by atoms with Crippen molar-refractivity contribution in [2.24, 2.45) is 5.92 Å². The molecule has 28 heavy (non-hydrogen) atoms. The lowest BCUT2D eigenvalue weighted by Crippen LogP contribution is -2.41. The van der Waals surface area contributed by atoms with Crippen LogP contribution in [0.1, 0.15) is 23.2 Å². The molecule has 0 aliphatic carbocycles. The van der Waals surface area contributed by atoms with Gasteiger partial charge < -0.3 is 19.7 Å². The van der Waals surface area contributed by atoms with Crippen LogP contribution < -0.4 is 14.8 Å². The molecule has 0 aromatic heterocycles. The van der Waals surface area contributed by atoms with E-state index in [1.54, 1.807) is 37.3 Å². The predicted molar refractivity (Wildman–Crippen MR) is 111 cm³/mol. The van der Waals surface area contributed by atoms with E-state index in [1.807, 2.05) is 24.3 Å². The van der Waals surface area contributed by atoms with Crippen molar-refractivity contribution in [2.45, 2.75) is 12.8 Å². The average molecular weight is 447 g/mol. The Kier molecular flexibility index (Phi) is 6.57. The molecule has 1 N–H and O–H groups in total. The molecule has 1 fully saturated rings. The largest absolute Gasteiger partial charge is 0.497 e. The third kappa shape index (κ3) is 4.65. The Labute approximate surface area is 172 Å². The first-order valence-electron chi connectivity index (χ1n) is 9.09. The number of anilines is 1. The van der Waals surface area contributed by atoms with Crippen LogP contribution in [-0.2, 0) is 4.79 Å². The van der Waals surface area contributed by atoms with Crippen molar-refractivity contribution in [1.29, 1.82) is 0 Å². The minimum atomic E-state index is -0.115. The average Bonchev–Trinajstić information content (AvgIpc) is 2.74. The van der Waals surface area contributed by atoms with Gasteiger partial charge in [-0.15, -0.1) is 0 Å². The number of benzene rings is 2. The number of para-hydroxylation sites is 1. The van der Waals surface area contributed by atoms with E-state index in [0.29, 0.717) is 43.0 Å². The van der Waals surface area contributed by atoms with Crippen LogP contribution in [0.25, 0.3) is 0 Å². The van der Waals surface area contributed by atoms with Gasteiger partial charge in [-0.25, -0.2) is 0 Å². The molecule has 0 radical (unpaired) electrons. The van der Waals surface area contributed by atoms with Gasteiger partial charge in [-0.3, -0.25) is 9.59 Å². The molecule has 2 aromatic carbocycles. The van der Waals surface area contributed by atoms with Crippen LogP contribution in [0.4, 0.5) is 5.69 Å². The highest BCUT2D eigenvalue weighted by Crippen LogP contribution is 2.27. The summed E-state index contributed by atoms with van der Waals surface area (Å²) in [6.07, 6.45) is 1.26. The number of ether oxygens (including phenoxy) is 2. The van der Waals surface area contributed by atoms with Gasteiger partial charge in [-0.1, -0.05) is 12.1 Å². The molecule has 3 rings (SSSR count). The lowest BCUT2D eigenvalue weighted by atomic mass is 9.95. The molecule has 1 aliphatic rings. The zero-order chi connectivity index (χ0) is 20.1. The Morgan fingerprint density at radius 1 is 1.04 bits per heavy atom. The van der Waals surface area contributed by atoms with E-state index in [4.69, 9.17) is 9.47 Å². The van der Waals surface area contributed by atoms with Crippen LogP contribution in [0.2, 0.25) is 0 Å². The minimum Gasteiger partial charge on any atom is -0.497 e. The number of rotatable bonds is 5. The zero-order valence-corrected chi connectivity index (χ0v) is 17.5. The van der Waals surface area contributed by atoms with Crippen LogP contribution in [0, 0.1) is 5.92 Å². The maximum atomic E-state index is 12.9. The predicted octanol–water partition coefficient (Wildman–Crippen LogP) is 3.96. The van der Waals surface area contributed by atoms with E-state index in [9.17, 15) is 9.59 Å². The van der Waals surface area contributed by atoms with Crippen molar-refractivity contribution >= 4 is 33.4 Å². The second kappa shape index (κ2) is 9.10. The fourth-order valence-electron chi connectivity index (χ4n) is 3.26. The Balaban J connectivity index is 1.61. The maximum absolute atomic E-state index is 12.9. The number of amides is 2. The van der Waals surface area contributed by atoms with Crippen molar-refractivity contribution < 1.29 is 19.1 Å². The fourth-order valence-corrected chi connectivity index (χ4v) is 3.64. The summed E-state index contributed by atoms with van der Waals surface area (Å²) in [6.45, 7) is 1.07. The SMILES string of the molecule is COc1cc(OC)cc(C(=O)N2CCC(C(=O)Nc3ccccc3Br)CC2)c1. The van der Waals surface area contributed by atoms with Gasteiger partial charge in [-0.2, -0.15) is 0 Å². The van der Waals surface area contributed by atoms with E-state index in [-0.39, 0.29) is 17.7 Å². The number of methoxy groups -OCH3 is 2. The lowest BCUT2D eigenvalue weighted by Gasteiger charge is -2.31. The number of hydrogen-bond donors (Lipinski definition) is 1. The van der Waals surface area contributed by atoms with Crippen molar-refractivity contribution in [3.8, 4) is 11.5 Å². The third-order valence-electron chi connectivity index (χ3n) is 4.88.